The third-order valence-corrected chi connectivity index (χ3v) is 9.04. The Balaban J connectivity index is 0.970. The zero-order chi connectivity index (χ0) is 27.8. The van der Waals surface area contributed by atoms with Crippen LogP contribution in [-0.2, 0) is 11.3 Å². The zero-order valence-corrected chi connectivity index (χ0v) is 22.9. The topological polar surface area (TPSA) is 55.8 Å². The minimum atomic E-state index is -0.245. The zero-order valence-electron chi connectivity index (χ0n) is 22.9. The molecule has 0 saturated carbocycles. The van der Waals surface area contributed by atoms with Crippen LogP contribution in [0.4, 0.5) is 4.79 Å². The molecule has 0 aromatic heterocycles. The van der Waals surface area contributed by atoms with Crippen LogP contribution < -0.4 is 4.74 Å². The molecule has 2 saturated heterocycles. The first-order valence-electron chi connectivity index (χ1n) is 14.6. The van der Waals surface area contributed by atoms with Crippen molar-refractivity contribution in [2.24, 2.45) is 5.92 Å². The van der Waals surface area contributed by atoms with Gasteiger partial charge in [-0.3, -0.25) is 4.79 Å². The van der Waals surface area contributed by atoms with Crippen molar-refractivity contribution < 1.29 is 19.1 Å². The second-order valence-electron chi connectivity index (χ2n) is 11.4. The van der Waals surface area contributed by atoms with Gasteiger partial charge in [0.2, 0.25) is 0 Å². The Morgan fingerprint density at radius 1 is 0.707 bits per heavy atom. The lowest BCUT2D eigenvalue weighted by atomic mass is 9.85. The molecule has 5 heteroatoms. The lowest BCUT2D eigenvalue weighted by Gasteiger charge is -2.37. The first kappa shape index (κ1) is 25.6. The fraction of sp³-hybridized carbons (Fsp3) is 0.278. The predicted molar refractivity (Wildman–Crippen MR) is 158 cm³/mol. The van der Waals surface area contributed by atoms with E-state index >= 15 is 0 Å². The number of hydrogen-bond donors (Lipinski definition) is 0. The summed E-state index contributed by atoms with van der Waals surface area (Å²) in [5.74, 6) is 0.864. The van der Waals surface area contributed by atoms with Gasteiger partial charge >= 0.3 is 6.09 Å². The van der Waals surface area contributed by atoms with E-state index in [1.54, 1.807) is 0 Å². The molecule has 7 rings (SSSR count). The summed E-state index contributed by atoms with van der Waals surface area (Å²) in [6.07, 6.45) is 2.97. The van der Waals surface area contributed by atoms with Crippen LogP contribution in [0.15, 0.2) is 103 Å². The lowest BCUT2D eigenvalue weighted by Crippen LogP contribution is -2.48. The summed E-state index contributed by atoms with van der Waals surface area (Å²) in [6, 6.07) is 34.4. The maximum atomic E-state index is 13.4. The second kappa shape index (κ2) is 10.9. The van der Waals surface area contributed by atoms with Crippen LogP contribution in [0.25, 0.3) is 11.1 Å². The standard InChI is InChI=1S/C36H33NO4/c38-35(25-14-18-29(19-15-25)40-22-24-8-2-1-3-9-24)26-20-27-16-17-28(21-26)37(27)36(39)41-23-34-32-12-6-4-10-30(32)31-11-5-7-13-33(31)34/h1-15,18-19,26-28,34H,16-17,20-23H2. The molecule has 2 fully saturated rings. The molecule has 1 amide bonds. The minimum absolute atomic E-state index is 0.0442. The number of Topliss-reactive ketones (excluding diaryl/α,β-unsaturated/α-hetero) is 1. The van der Waals surface area contributed by atoms with Crippen LogP contribution in [0.5, 0.6) is 5.75 Å². The summed E-state index contributed by atoms with van der Waals surface area (Å²) in [5, 5.41) is 0. The number of rotatable bonds is 7. The normalized spacial score (nSPS) is 20.8. The molecule has 2 bridgehead atoms. The van der Waals surface area contributed by atoms with Crippen molar-refractivity contribution in [2.75, 3.05) is 6.61 Å². The van der Waals surface area contributed by atoms with E-state index in [1.165, 1.54) is 22.3 Å². The highest BCUT2D eigenvalue weighted by Gasteiger charge is 2.46. The molecule has 1 aliphatic carbocycles. The molecule has 2 heterocycles. The minimum Gasteiger partial charge on any atom is -0.489 e. The maximum Gasteiger partial charge on any atom is 0.410 e. The van der Waals surface area contributed by atoms with Gasteiger partial charge < -0.3 is 14.4 Å². The number of hydrogen-bond acceptors (Lipinski definition) is 4. The van der Waals surface area contributed by atoms with Gasteiger partial charge in [0.1, 0.15) is 19.0 Å². The molecule has 2 unspecified atom stereocenters. The summed E-state index contributed by atoms with van der Waals surface area (Å²) in [5.41, 5.74) is 6.68. The number of fused-ring (bicyclic) bond motifs is 5. The molecule has 206 valence electrons. The number of benzene rings is 4. The van der Waals surface area contributed by atoms with Gasteiger partial charge in [0, 0.05) is 29.5 Å². The van der Waals surface area contributed by atoms with Gasteiger partial charge in [-0.15, -0.1) is 0 Å². The second-order valence-corrected chi connectivity index (χ2v) is 11.4. The van der Waals surface area contributed by atoms with Crippen molar-refractivity contribution in [3.05, 3.63) is 125 Å². The monoisotopic (exact) mass is 543 g/mol. The molecule has 5 nitrogen and oxygen atoms in total. The van der Waals surface area contributed by atoms with Crippen molar-refractivity contribution >= 4 is 11.9 Å². The van der Waals surface area contributed by atoms with Gasteiger partial charge in [-0.25, -0.2) is 4.79 Å². The van der Waals surface area contributed by atoms with Gasteiger partial charge in [-0.2, -0.15) is 0 Å². The molecule has 0 spiro atoms. The average molecular weight is 544 g/mol. The third-order valence-electron chi connectivity index (χ3n) is 9.04. The van der Waals surface area contributed by atoms with Gasteiger partial charge in [0.15, 0.2) is 5.78 Å². The van der Waals surface area contributed by atoms with Gasteiger partial charge in [-0.1, -0.05) is 78.9 Å². The van der Waals surface area contributed by atoms with Crippen molar-refractivity contribution in [1.82, 2.24) is 4.90 Å². The highest BCUT2D eigenvalue weighted by molar-refractivity contribution is 5.98. The van der Waals surface area contributed by atoms with E-state index in [0.29, 0.717) is 31.6 Å². The van der Waals surface area contributed by atoms with Crippen LogP contribution in [0.1, 0.15) is 58.6 Å². The molecular weight excluding hydrogens is 510 g/mol. The number of carbonyl (C=O) groups excluding carboxylic acids is 2. The van der Waals surface area contributed by atoms with E-state index in [1.807, 2.05) is 71.6 Å². The van der Waals surface area contributed by atoms with E-state index < -0.39 is 0 Å². The van der Waals surface area contributed by atoms with E-state index in [9.17, 15) is 9.59 Å². The predicted octanol–water partition coefficient (Wildman–Crippen LogP) is 7.64. The molecule has 4 aromatic carbocycles. The Bertz CT molecular complexity index is 1500. The van der Waals surface area contributed by atoms with Crippen LogP contribution in [0, 0.1) is 5.92 Å². The fourth-order valence-corrected chi connectivity index (χ4v) is 7.05. The molecule has 41 heavy (non-hydrogen) atoms. The fourth-order valence-electron chi connectivity index (χ4n) is 7.05. The number of piperidine rings is 1. The summed E-state index contributed by atoms with van der Waals surface area (Å²) >= 11 is 0. The van der Waals surface area contributed by atoms with E-state index in [0.717, 1.165) is 24.2 Å². The molecule has 2 atom stereocenters. The van der Waals surface area contributed by atoms with Crippen LogP contribution in [0.2, 0.25) is 0 Å². The number of carbonyl (C=O) groups is 2. The summed E-state index contributed by atoms with van der Waals surface area (Å²) in [4.78, 5) is 28.8. The van der Waals surface area contributed by atoms with Gasteiger partial charge in [0.05, 0.1) is 0 Å². The number of nitrogens with zero attached hydrogens (tertiary/aromatic N) is 1. The molecule has 3 aliphatic rings. The Morgan fingerprint density at radius 3 is 1.93 bits per heavy atom. The van der Waals surface area contributed by atoms with Gasteiger partial charge in [0.25, 0.3) is 0 Å². The summed E-state index contributed by atoms with van der Waals surface area (Å²) in [7, 11) is 0. The molecule has 0 radical (unpaired) electrons. The lowest BCUT2D eigenvalue weighted by molar-refractivity contribution is 0.0506. The Labute approximate surface area is 240 Å². The highest BCUT2D eigenvalue weighted by Crippen LogP contribution is 2.45. The number of ketones is 1. The molecule has 0 N–H and O–H groups in total. The largest absolute Gasteiger partial charge is 0.489 e. The molecular formula is C36H33NO4. The SMILES string of the molecule is O=C(c1ccc(OCc2ccccc2)cc1)C1CC2CCC(C1)N2C(=O)OCC1c2ccccc2-c2ccccc21. The van der Waals surface area contributed by atoms with Crippen LogP contribution in [0.3, 0.4) is 0 Å². The molecule has 2 aliphatic heterocycles. The first-order valence-corrected chi connectivity index (χ1v) is 14.6. The number of ether oxygens (including phenoxy) is 2. The number of amides is 1. The third kappa shape index (κ3) is 4.90. The first-order chi connectivity index (χ1) is 20.2. The van der Waals surface area contributed by atoms with Crippen molar-refractivity contribution in [1.29, 1.82) is 0 Å². The van der Waals surface area contributed by atoms with Crippen molar-refractivity contribution in [2.45, 2.75) is 50.3 Å². The Hall–Kier alpha value is -4.38. The van der Waals surface area contributed by atoms with Crippen molar-refractivity contribution in [3.63, 3.8) is 0 Å². The highest BCUT2D eigenvalue weighted by atomic mass is 16.6. The van der Waals surface area contributed by atoms with Crippen LogP contribution >= 0.6 is 0 Å². The quantitative estimate of drug-likeness (QED) is 0.225. The summed E-state index contributed by atoms with van der Waals surface area (Å²) < 4.78 is 11.9. The molecule has 4 aromatic rings. The van der Waals surface area contributed by atoms with E-state index in [4.69, 9.17) is 9.47 Å². The average Bonchev–Trinajstić information content (AvgIpc) is 3.49. The Kier molecular flexibility index (Phi) is 6.79. The maximum absolute atomic E-state index is 13.4. The smallest absolute Gasteiger partial charge is 0.410 e. The van der Waals surface area contributed by atoms with Gasteiger partial charge in [-0.05, 0) is 77.8 Å². The Morgan fingerprint density at radius 2 is 1.29 bits per heavy atom. The van der Waals surface area contributed by atoms with Crippen molar-refractivity contribution in [3.8, 4) is 16.9 Å². The van der Waals surface area contributed by atoms with Crippen LogP contribution in [-0.4, -0.2) is 35.5 Å². The summed E-state index contributed by atoms with van der Waals surface area (Å²) in [6.45, 7) is 0.815. The van der Waals surface area contributed by atoms with E-state index in [-0.39, 0.29) is 35.8 Å². The van der Waals surface area contributed by atoms with E-state index in [2.05, 4.69) is 36.4 Å².